The van der Waals surface area contributed by atoms with Crippen molar-refractivity contribution in [2.24, 2.45) is 5.92 Å². The molecule has 0 aliphatic carbocycles. The van der Waals surface area contributed by atoms with Crippen LogP contribution in [-0.4, -0.2) is 13.1 Å². The molecule has 1 heterocycles. The normalized spacial score (nSPS) is 22.2. The average molecular weight is 153 g/mol. The van der Waals surface area contributed by atoms with E-state index in [1.807, 2.05) is 0 Å². The third-order valence-electron chi connectivity index (χ3n) is 2.56. The van der Waals surface area contributed by atoms with Gasteiger partial charge >= 0.3 is 0 Å². The van der Waals surface area contributed by atoms with Gasteiger partial charge in [-0.2, -0.15) is 0 Å². The van der Waals surface area contributed by atoms with Crippen LogP contribution >= 0.6 is 0 Å². The van der Waals surface area contributed by atoms with Crippen LogP contribution in [0.25, 0.3) is 0 Å². The Morgan fingerprint density at radius 2 is 2.36 bits per heavy atom. The predicted molar refractivity (Wildman–Crippen MR) is 49.6 cm³/mol. The first kappa shape index (κ1) is 8.79. The topological polar surface area (TPSA) is 12.0 Å². The van der Waals surface area contributed by atoms with E-state index in [-0.39, 0.29) is 0 Å². The zero-order valence-electron chi connectivity index (χ0n) is 7.69. The maximum Gasteiger partial charge on any atom is -0.00114 e. The highest BCUT2D eigenvalue weighted by Crippen LogP contribution is 2.18. The standard InChI is InChI=1S/C10H19N/c1-3-9(2)10-5-4-7-11-8-6-10/h5,9,11H,3-4,6-8H2,1-2H3. The summed E-state index contributed by atoms with van der Waals surface area (Å²) in [6, 6.07) is 0. The van der Waals surface area contributed by atoms with Gasteiger partial charge in [-0.05, 0) is 38.3 Å². The summed E-state index contributed by atoms with van der Waals surface area (Å²) in [5.41, 5.74) is 1.66. The van der Waals surface area contributed by atoms with E-state index in [1.165, 1.54) is 32.4 Å². The first-order valence-electron chi connectivity index (χ1n) is 4.74. The van der Waals surface area contributed by atoms with Gasteiger partial charge in [0, 0.05) is 0 Å². The molecule has 0 aromatic rings. The monoisotopic (exact) mass is 153 g/mol. The first-order chi connectivity index (χ1) is 5.34. The van der Waals surface area contributed by atoms with Gasteiger partial charge < -0.3 is 5.32 Å². The molecule has 1 unspecified atom stereocenters. The quantitative estimate of drug-likeness (QED) is 0.600. The Morgan fingerprint density at radius 1 is 1.55 bits per heavy atom. The second-order valence-electron chi connectivity index (χ2n) is 3.38. The molecule has 11 heavy (non-hydrogen) atoms. The van der Waals surface area contributed by atoms with Gasteiger partial charge in [0.05, 0.1) is 0 Å². The van der Waals surface area contributed by atoms with Gasteiger partial charge in [0.1, 0.15) is 0 Å². The summed E-state index contributed by atoms with van der Waals surface area (Å²) in [6.07, 6.45) is 6.19. The van der Waals surface area contributed by atoms with E-state index < -0.39 is 0 Å². The number of hydrogen-bond donors (Lipinski definition) is 1. The molecule has 1 rings (SSSR count). The minimum absolute atomic E-state index is 0.801. The molecule has 1 nitrogen and oxygen atoms in total. The molecule has 1 heteroatoms. The fraction of sp³-hybridized carbons (Fsp3) is 0.800. The molecule has 0 aromatic heterocycles. The molecule has 0 amide bonds. The van der Waals surface area contributed by atoms with Crippen LogP contribution in [0, 0.1) is 5.92 Å². The largest absolute Gasteiger partial charge is 0.316 e. The summed E-state index contributed by atoms with van der Waals surface area (Å²) < 4.78 is 0. The maximum atomic E-state index is 3.40. The fourth-order valence-corrected chi connectivity index (χ4v) is 1.53. The van der Waals surface area contributed by atoms with Crippen molar-refractivity contribution in [3.8, 4) is 0 Å². The molecule has 1 aliphatic rings. The molecule has 0 bridgehead atoms. The van der Waals surface area contributed by atoms with Crippen molar-refractivity contribution in [2.45, 2.75) is 33.1 Å². The smallest absolute Gasteiger partial charge is 0.00114 e. The molecule has 0 spiro atoms. The minimum atomic E-state index is 0.801. The Balaban J connectivity index is 2.46. The molecule has 0 fully saturated rings. The highest BCUT2D eigenvalue weighted by Gasteiger charge is 2.07. The second kappa shape index (κ2) is 4.55. The molecule has 0 saturated carbocycles. The van der Waals surface area contributed by atoms with Crippen LogP contribution in [0.2, 0.25) is 0 Å². The van der Waals surface area contributed by atoms with Crippen molar-refractivity contribution < 1.29 is 0 Å². The Kier molecular flexibility index (Phi) is 3.64. The van der Waals surface area contributed by atoms with Gasteiger partial charge in [-0.1, -0.05) is 25.5 Å². The van der Waals surface area contributed by atoms with Crippen LogP contribution in [0.5, 0.6) is 0 Å². The Morgan fingerprint density at radius 3 is 3.09 bits per heavy atom. The lowest BCUT2D eigenvalue weighted by Gasteiger charge is -2.11. The lowest BCUT2D eigenvalue weighted by atomic mass is 9.95. The van der Waals surface area contributed by atoms with Gasteiger partial charge in [-0.3, -0.25) is 0 Å². The van der Waals surface area contributed by atoms with E-state index in [0.29, 0.717) is 0 Å². The van der Waals surface area contributed by atoms with Crippen molar-refractivity contribution in [1.82, 2.24) is 5.32 Å². The summed E-state index contributed by atoms with van der Waals surface area (Å²) in [5, 5.41) is 3.40. The third-order valence-corrected chi connectivity index (χ3v) is 2.56. The van der Waals surface area contributed by atoms with Crippen LogP contribution in [0.1, 0.15) is 33.1 Å². The highest BCUT2D eigenvalue weighted by molar-refractivity contribution is 5.07. The third kappa shape index (κ3) is 2.66. The number of hydrogen-bond acceptors (Lipinski definition) is 1. The zero-order chi connectivity index (χ0) is 8.10. The highest BCUT2D eigenvalue weighted by atomic mass is 14.8. The molecular formula is C10H19N. The SMILES string of the molecule is CCC(C)C1=CCCNCC1. The van der Waals surface area contributed by atoms with E-state index >= 15 is 0 Å². The molecule has 1 atom stereocenters. The molecule has 1 aliphatic heterocycles. The van der Waals surface area contributed by atoms with E-state index in [4.69, 9.17) is 0 Å². The molecular weight excluding hydrogens is 134 g/mol. The average Bonchev–Trinajstić information content (AvgIpc) is 2.30. The molecule has 1 N–H and O–H groups in total. The first-order valence-corrected chi connectivity index (χ1v) is 4.74. The van der Waals surface area contributed by atoms with Crippen LogP contribution in [0.4, 0.5) is 0 Å². The van der Waals surface area contributed by atoms with Gasteiger partial charge in [-0.25, -0.2) is 0 Å². The second-order valence-corrected chi connectivity index (χ2v) is 3.38. The van der Waals surface area contributed by atoms with E-state index in [0.717, 1.165) is 5.92 Å². The van der Waals surface area contributed by atoms with E-state index in [9.17, 15) is 0 Å². The molecule has 0 radical (unpaired) electrons. The molecule has 0 aromatic carbocycles. The van der Waals surface area contributed by atoms with Crippen LogP contribution in [0.15, 0.2) is 11.6 Å². The van der Waals surface area contributed by atoms with Gasteiger partial charge in [0.25, 0.3) is 0 Å². The molecule has 0 saturated heterocycles. The van der Waals surface area contributed by atoms with Crippen molar-refractivity contribution in [3.05, 3.63) is 11.6 Å². The van der Waals surface area contributed by atoms with Crippen molar-refractivity contribution >= 4 is 0 Å². The number of rotatable bonds is 2. The van der Waals surface area contributed by atoms with Gasteiger partial charge in [0.2, 0.25) is 0 Å². The van der Waals surface area contributed by atoms with Crippen LogP contribution < -0.4 is 5.32 Å². The number of nitrogens with one attached hydrogen (secondary N) is 1. The van der Waals surface area contributed by atoms with E-state index in [1.54, 1.807) is 5.57 Å². The molecule has 64 valence electrons. The van der Waals surface area contributed by atoms with Crippen LogP contribution in [-0.2, 0) is 0 Å². The van der Waals surface area contributed by atoms with E-state index in [2.05, 4.69) is 25.2 Å². The maximum absolute atomic E-state index is 3.40. The lowest BCUT2D eigenvalue weighted by Crippen LogP contribution is -2.14. The van der Waals surface area contributed by atoms with Gasteiger partial charge in [0.15, 0.2) is 0 Å². The summed E-state index contributed by atoms with van der Waals surface area (Å²) in [6.45, 7) is 6.94. The summed E-state index contributed by atoms with van der Waals surface area (Å²) >= 11 is 0. The van der Waals surface area contributed by atoms with Crippen molar-refractivity contribution in [1.29, 1.82) is 0 Å². The fourth-order valence-electron chi connectivity index (χ4n) is 1.53. The van der Waals surface area contributed by atoms with Crippen LogP contribution in [0.3, 0.4) is 0 Å². The minimum Gasteiger partial charge on any atom is -0.316 e. The summed E-state index contributed by atoms with van der Waals surface area (Å²) in [5.74, 6) is 0.801. The Hall–Kier alpha value is -0.300. The Labute approximate surface area is 69.9 Å². The van der Waals surface area contributed by atoms with Crippen molar-refractivity contribution in [3.63, 3.8) is 0 Å². The summed E-state index contributed by atoms with van der Waals surface area (Å²) in [4.78, 5) is 0. The lowest BCUT2D eigenvalue weighted by molar-refractivity contribution is 0.613. The van der Waals surface area contributed by atoms with Gasteiger partial charge in [-0.15, -0.1) is 0 Å². The zero-order valence-corrected chi connectivity index (χ0v) is 7.69. The van der Waals surface area contributed by atoms with Crippen molar-refractivity contribution in [2.75, 3.05) is 13.1 Å². The summed E-state index contributed by atoms with van der Waals surface area (Å²) in [7, 11) is 0. The predicted octanol–water partition coefficient (Wildman–Crippen LogP) is 2.34. The Bertz CT molecular complexity index is 138.